The molecule has 3 rings (SSSR count). The van der Waals surface area contributed by atoms with Crippen molar-refractivity contribution < 1.29 is 9.53 Å². The molecule has 1 aliphatic heterocycles. The van der Waals surface area contributed by atoms with Crippen LogP contribution in [0, 0.1) is 19.8 Å². The lowest BCUT2D eigenvalue weighted by Gasteiger charge is -2.19. The number of nitrogens with one attached hydrogen (secondary N) is 2. The van der Waals surface area contributed by atoms with Crippen molar-refractivity contribution in [3.05, 3.63) is 47.0 Å². The number of hydrogen-bond acceptors (Lipinski definition) is 4. The lowest BCUT2D eigenvalue weighted by molar-refractivity contribution is -0.122. The standard InChI is InChI=1S/C18H24N4O2/c1-12-13(2)21-22-16(12)3-4-18(23)20-17-11-24-10-15(17)9-14-5-7-19-8-6-14/h5-8,15,17H,3-4,9-11H2,1-2H3,(H,20,23)(H,21,22)/t15-,17+/m1/s1. The Hall–Kier alpha value is -2.21. The Morgan fingerprint density at radius 2 is 2.12 bits per heavy atom. The zero-order valence-electron chi connectivity index (χ0n) is 14.2. The third-order valence-corrected chi connectivity index (χ3v) is 4.73. The molecule has 0 unspecified atom stereocenters. The van der Waals surface area contributed by atoms with E-state index < -0.39 is 0 Å². The predicted molar refractivity (Wildman–Crippen MR) is 90.6 cm³/mol. The van der Waals surface area contributed by atoms with Crippen LogP contribution >= 0.6 is 0 Å². The molecule has 24 heavy (non-hydrogen) atoms. The molecule has 128 valence electrons. The van der Waals surface area contributed by atoms with Gasteiger partial charge in [-0.3, -0.25) is 14.9 Å². The minimum absolute atomic E-state index is 0.0604. The van der Waals surface area contributed by atoms with Gasteiger partial charge in [-0.2, -0.15) is 5.10 Å². The molecule has 0 aliphatic carbocycles. The molecular weight excluding hydrogens is 304 g/mol. The van der Waals surface area contributed by atoms with E-state index in [1.807, 2.05) is 26.0 Å². The van der Waals surface area contributed by atoms with Gasteiger partial charge in [0, 0.05) is 36.8 Å². The maximum atomic E-state index is 12.3. The number of carbonyl (C=O) groups is 1. The topological polar surface area (TPSA) is 79.9 Å². The second-order valence-electron chi connectivity index (χ2n) is 6.45. The average molecular weight is 328 g/mol. The van der Waals surface area contributed by atoms with Crippen molar-refractivity contribution in [1.29, 1.82) is 0 Å². The largest absolute Gasteiger partial charge is 0.379 e. The van der Waals surface area contributed by atoms with E-state index in [4.69, 9.17) is 4.74 Å². The second kappa shape index (κ2) is 7.57. The van der Waals surface area contributed by atoms with E-state index in [2.05, 4.69) is 20.5 Å². The summed E-state index contributed by atoms with van der Waals surface area (Å²) in [5, 5.41) is 10.3. The maximum absolute atomic E-state index is 12.3. The molecule has 1 aliphatic rings. The summed E-state index contributed by atoms with van der Waals surface area (Å²) in [7, 11) is 0. The molecule has 2 aromatic rings. The molecule has 2 aromatic heterocycles. The number of pyridine rings is 1. The first-order chi connectivity index (χ1) is 11.6. The zero-order chi connectivity index (χ0) is 16.9. The first-order valence-corrected chi connectivity index (χ1v) is 8.40. The van der Waals surface area contributed by atoms with Crippen LogP contribution in [0.1, 0.15) is 28.9 Å². The Bertz CT molecular complexity index is 684. The van der Waals surface area contributed by atoms with Gasteiger partial charge in [0.25, 0.3) is 0 Å². The third-order valence-electron chi connectivity index (χ3n) is 4.73. The molecule has 1 saturated heterocycles. The van der Waals surface area contributed by atoms with Crippen LogP contribution in [-0.4, -0.2) is 40.3 Å². The van der Waals surface area contributed by atoms with E-state index in [9.17, 15) is 4.79 Å². The molecule has 3 heterocycles. The number of hydrogen-bond donors (Lipinski definition) is 2. The summed E-state index contributed by atoms with van der Waals surface area (Å²) in [5.41, 5.74) is 4.40. The fourth-order valence-corrected chi connectivity index (χ4v) is 3.07. The molecule has 6 nitrogen and oxygen atoms in total. The number of H-pyrrole nitrogens is 1. The van der Waals surface area contributed by atoms with Crippen molar-refractivity contribution >= 4 is 5.91 Å². The maximum Gasteiger partial charge on any atom is 0.220 e. The number of nitrogens with zero attached hydrogens (tertiary/aromatic N) is 2. The highest BCUT2D eigenvalue weighted by atomic mass is 16.5. The Kier molecular flexibility index (Phi) is 5.25. The molecular formula is C18H24N4O2. The number of aryl methyl sites for hydroxylation is 2. The van der Waals surface area contributed by atoms with E-state index >= 15 is 0 Å². The predicted octanol–water partition coefficient (Wildman–Crippen LogP) is 1.73. The zero-order valence-corrected chi connectivity index (χ0v) is 14.2. The van der Waals surface area contributed by atoms with E-state index in [-0.39, 0.29) is 11.9 Å². The molecule has 0 bridgehead atoms. The monoisotopic (exact) mass is 328 g/mol. The van der Waals surface area contributed by atoms with Crippen LogP contribution in [-0.2, 0) is 22.4 Å². The van der Waals surface area contributed by atoms with Gasteiger partial charge in [0.2, 0.25) is 5.91 Å². The number of aromatic nitrogens is 3. The van der Waals surface area contributed by atoms with Crippen LogP contribution in [0.15, 0.2) is 24.5 Å². The summed E-state index contributed by atoms with van der Waals surface area (Å²) < 4.78 is 5.58. The van der Waals surface area contributed by atoms with Crippen LogP contribution in [0.25, 0.3) is 0 Å². The van der Waals surface area contributed by atoms with Crippen molar-refractivity contribution in [1.82, 2.24) is 20.5 Å². The number of rotatable bonds is 6. The van der Waals surface area contributed by atoms with Crippen LogP contribution in [0.3, 0.4) is 0 Å². The molecule has 6 heteroatoms. The van der Waals surface area contributed by atoms with Crippen molar-refractivity contribution in [2.24, 2.45) is 5.92 Å². The molecule has 2 N–H and O–H groups in total. The molecule has 0 saturated carbocycles. The normalized spacial score (nSPS) is 20.2. The highest BCUT2D eigenvalue weighted by molar-refractivity contribution is 5.76. The van der Waals surface area contributed by atoms with E-state index in [0.717, 1.165) is 23.4 Å². The first-order valence-electron chi connectivity index (χ1n) is 8.40. The third kappa shape index (κ3) is 4.00. The van der Waals surface area contributed by atoms with Crippen molar-refractivity contribution in [3.63, 3.8) is 0 Å². The van der Waals surface area contributed by atoms with Crippen molar-refractivity contribution in [2.45, 2.75) is 39.2 Å². The van der Waals surface area contributed by atoms with Gasteiger partial charge in [0.05, 0.1) is 24.9 Å². The SMILES string of the molecule is Cc1[nH]nc(CCC(=O)N[C@H]2COC[C@H]2Cc2ccncc2)c1C. The minimum Gasteiger partial charge on any atom is -0.379 e. The smallest absolute Gasteiger partial charge is 0.220 e. The molecule has 0 spiro atoms. The lowest BCUT2D eigenvalue weighted by atomic mass is 9.95. The van der Waals surface area contributed by atoms with Crippen LogP contribution < -0.4 is 5.32 Å². The van der Waals surface area contributed by atoms with E-state index in [1.165, 1.54) is 5.56 Å². The average Bonchev–Trinajstić information content (AvgIpc) is 3.14. The Morgan fingerprint density at radius 3 is 2.83 bits per heavy atom. The van der Waals surface area contributed by atoms with Gasteiger partial charge < -0.3 is 10.1 Å². The van der Waals surface area contributed by atoms with Crippen molar-refractivity contribution in [3.8, 4) is 0 Å². The van der Waals surface area contributed by atoms with Gasteiger partial charge in [0.1, 0.15) is 0 Å². The fraction of sp³-hybridized carbons (Fsp3) is 0.500. The Morgan fingerprint density at radius 1 is 1.33 bits per heavy atom. The summed E-state index contributed by atoms with van der Waals surface area (Å²) in [6, 6.07) is 4.10. The summed E-state index contributed by atoms with van der Waals surface area (Å²) in [6.45, 7) is 5.29. The number of carbonyl (C=O) groups excluding carboxylic acids is 1. The van der Waals surface area contributed by atoms with Crippen molar-refractivity contribution in [2.75, 3.05) is 13.2 Å². The quantitative estimate of drug-likeness (QED) is 0.846. The molecule has 1 amide bonds. The summed E-state index contributed by atoms with van der Waals surface area (Å²) in [5.74, 6) is 0.371. The molecule has 0 aromatic carbocycles. The van der Waals surface area contributed by atoms with Gasteiger partial charge in [-0.05, 0) is 43.5 Å². The summed E-state index contributed by atoms with van der Waals surface area (Å²) >= 11 is 0. The first kappa shape index (κ1) is 16.6. The Balaban J connectivity index is 1.50. The summed E-state index contributed by atoms with van der Waals surface area (Å²) in [6.07, 6.45) is 5.60. The van der Waals surface area contributed by atoms with Gasteiger partial charge >= 0.3 is 0 Å². The number of ether oxygens (including phenoxy) is 1. The molecule has 2 atom stereocenters. The van der Waals surface area contributed by atoms with Crippen LogP contribution in [0.4, 0.5) is 0 Å². The Labute approximate surface area is 142 Å². The van der Waals surface area contributed by atoms with Gasteiger partial charge in [-0.1, -0.05) is 0 Å². The van der Waals surface area contributed by atoms with Gasteiger partial charge in [0.15, 0.2) is 0 Å². The van der Waals surface area contributed by atoms with Crippen LogP contribution in [0.5, 0.6) is 0 Å². The van der Waals surface area contributed by atoms with Gasteiger partial charge in [-0.25, -0.2) is 0 Å². The van der Waals surface area contributed by atoms with E-state index in [1.54, 1.807) is 12.4 Å². The fourth-order valence-electron chi connectivity index (χ4n) is 3.07. The molecule has 1 fully saturated rings. The van der Waals surface area contributed by atoms with E-state index in [0.29, 0.717) is 32.0 Å². The lowest BCUT2D eigenvalue weighted by Crippen LogP contribution is -2.40. The minimum atomic E-state index is 0.0604. The highest BCUT2D eigenvalue weighted by Gasteiger charge is 2.29. The number of amides is 1. The van der Waals surface area contributed by atoms with Crippen LogP contribution in [0.2, 0.25) is 0 Å². The number of aromatic amines is 1. The molecule has 0 radical (unpaired) electrons. The second-order valence-corrected chi connectivity index (χ2v) is 6.45. The van der Waals surface area contributed by atoms with Gasteiger partial charge in [-0.15, -0.1) is 0 Å². The highest BCUT2D eigenvalue weighted by Crippen LogP contribution is 2.19. The summed E-state index contributed by atoms with van der Waals surface area (Å²) in [4.78, 5) is 16.3.